The second-order valence-corrected chi connectivity index (χ2v) is 7.18. The van der Waals surface area contributed by atoms with Crippen LogP contribution in [0.5, 0.6) is 0 Å². The summed E-state index contributed by atoms with van der Waals surface area (Å²) in [5, 5.41) is 2.73. The standard InChI is InChI=1S/C15H30N2O4/c1-10(9-17-13(19)21-14(2,3)4)8-15(5,6)11(16)12(18)20-7/h10-11H,8-9,16H2,1-7H3,(H,17,19). The van der Waals surface area contributed by atoms with E-state index in [-0.39, 0.29) is 5.92 Å². The Morgan fingerprint density at radius 3 is 2.14 bits per heavy atom. The van der Waals surface area contributed by atoms with E-state index in [1.807, 2.05) is 41.5 Å². The van der Waals surface area contributed by atoms with Crippen molar-refractivity contribution in [2.75, 3.05) is 13.7 Å². The highest BCUT2D eigenvalue weighted by Gasteiger charge is 2.34. The average Bonchev–Trinajstić information content (AvgIpc) is 2.31. The normalized spacial score (nSPS) is 15.0. The smallest absolute Gasteiger partial charge is 0.407 e. The number of nitrogens with one attached hydrogen (secondary N) is 1. The van der Waals surface area contributed by atoms with Gasteiger partial charge in [-0.15, -0.1) is 0 Å². The highest BCUT2D eigenvalue weighted by molar-refractivity contribution is 5.76. The SMILES string of the molecule is COC(=O)C(N)C(C)(C)CC(C)CNC(=O)OC(C)(C)C. The molecular formula is C15H30N2O4. The van der Waals surface area contributed by atoms with Crippen LogP contribution < -0.4 is 11.1 Å². The summed E-state index contributed by atoms with van der Waals surface area (Å²) >= 11 is 0. The molecule has 3 N–H and O–H groups in total. The molecule has 0 rings (SSSR count). The molecule has 0 fully saturated rings. The van der Waals surface area contributed by atoms with Crippen LogP contribution in [0.3, 0.4) is 0 Å². The zero-order chi connectivity index (χ0) is 16.8. The fourth-order valence-electron chi connectivity index (χ4n) is 2.11. The molecule has 0 bridgehead atoms. The van der Waals surface area contributed by atoms with Crippen LogP contribution in [0.15, 0.2) is 0 Å². The number of rotatable bonds is 6. The number of alkyl carbamates (subject to hydrolysis) is 1. The second kappa shape index (κ2) is 7.64. The van der Waals surface area contributed by atoms with Crippen molar-refractivity contribution in [3.63, 3.8) is 0 Å². The Morgan fingerprint density at radius 2 is 1.71 bits per heavy atom. The first-order chi connectivity index (χ1) is 9.39. The molecule has 0 aliphatic rings. The van der Waals surface area contributed by atoms with Crippen LogP contribution in [0.1, 0.15) is 48.0 Å². The third-order valence-corrected chi connectivity index (χ3v) is 3.17. The van der Waals surface area contributed by atoms with Gasteiger partial charge in [0.1, 0.15) is 11.6 Å². The van der Waals surface area contributed by atoms with E-state index in [0.717, 1.165) is 0 Å². The van der Waals surface area contributed by atoms with Crippen LogP contribution in [0.2, 0.25) is 0 Å². The first kappa shape index (κ1) is 19.7. The first-order valence-electron chi connectivity index (χ1n) is 7.19. The maximum Gasteiger partial charge on any atom is 0.407 e. The number of methoxy groups -OCH3 is 1. The van der Waals surface area contributed by atoms with E-state index < -0.39 is 29.1 Å². The quantitative estimate of drug-likeness (QED) is 0.733. The zero-order valence-electron chi connectivity index (χ0n) is 14.3. The summed E-state index contributed by atoms with van der Waals surface area (Å²) in [5.74, 6) is -0.268. The number of ether oxygens (including phenoxy) is 2. The molecule has 0 aromatic rings. The summed E-state index contributed by atoms with van der Waals surface area (Å²) < 4.78 is 9.85. The van der Waals surface area contributed by atoms with E-state index >= 15 is 0 Å². The summed E-state index contributed by atoms with van der Waals surface area (Å²) in [6.45, 7) is 11.7. The molecule has 2 atom stereocenters. The van der Waals surface area contributed by atoms with Crippen molar-refractivity contribution in [2.24, 2.45) is 17.1 Å². The molecule has 0 spiro atoms. The van der Waals surface area contributed by atoms with Gasteiger partial charge in [0.05, 0.1) is 7.11 Å². The lowest BCUT2D eigenvalue weighted by Gasteiger charge is -2.32. The van der Waals surface area contributed by atoms with Gasteiger partial charge in [0, 0.05) is 6.54 Å². The molecule has 0 saturated heterocycles. The van der Waals surface area contributed by atoms with Gasteiger partial charge in [0.15, 0.2) is 0 Å². The van der Waals surface area contributed by atoms with E-state index in [4.69, 9.17) is 10.5 Å². The molecule has 6 heteroatoms. The minimum Gasteiger partial charge on any atom is -0.468 e. The molecule has 124 valence electrons. The van der Waals surface area contributed by atoms with Crippen LogP contribution in [0.25, 0.3) is 0 Å². The number of esters is 1. The second-order valence-electron chi connectivity index (χ2n) is 7.18. The minimum atomic E-state index is -0.688. The van der Waals surface area contributed by atoms with Gasteiger partial charge in [-0.3, -0.25) is 4.79 Å². The van der Waals surface area contributed by atoms with Crippen molar-refractivity contribution < 1.29 is 19.1 Å². The third kappa shape index (κ3) is 7.90. The summed E-state index contributed by atoms with van der Waals surface area (Å²) in [6.07, 6.45) is 0.239. The van der Waals surface area contributed by atoms with E-state index in [2.05, 4.69) is 10.1 Å². The van der Waals surface area contributed by atoms with Crippen molar-refractivity contribution in [1.29, 1.82) is 0 Å². The van der Waals surface area contributed by atoms with Gasteiger partial charge in [0.2, 0.25) is 0 Å². The summed E-state index contributed by atoms with van der Waals surface area (Å²) in [6, 6.07) is -0.688. The van der Waals surface area contributed by atoms with E-state index in [9.17, 15) is 9.59 Å². The molecule has 0 aliphatic carbocycles. The van der Waals surface area contributed by atoms with Crippen LogP contribution in [-0.4, -0.2) is 37.4 Å². The molecule has 0 aromatic carbocycles. The Balaban J connectivity index is 4.33. The predicted octanol–water partition coefficient (Wildman–Crippen LogP) is 2.06. The fraction of sp³-hybridized carbons (Fsp3) is 0.867. The third-order valence-electron chi connectivity index (χ3n) is 3.17. The summed E-state index contributed by atoms with van der Waals surface area (Å²) in [4.78, 5) is 23.1. The Labute approximate surface area is 127 Å². The van der Waals surface area contributed by atoms with Crippen molar-refractivity contribution in [3.05, 3.63) is 0 Å². The molecule has 1 amide bonds. The Bertz CT molecular complexity index is 361. The molecule has 0 heterocycles. The van der Waals surface area contributed by atoms with Gasteiger partial charge >= 0.3 is 12.1 Å². The van der Waals surface area contributed by atoms with Gasteiger partial charge in [-0.05, 0) is 38.5 Å². The first-order valence-corrected chi connectivity index (χ1v) is 7.19. The van der Waals surface area contributed by atoms with Crippen LogP contribution in [0, 0.1) is 11.3 Å². The average molecular weight is 302 g/mol. The van der Waals surface area contributed by atoms with Gasteiger partial charge < -0.3 is 20.5 Å². The number of nitrogens with two attached hydrogens (primary N) is 1. The minimum absolute atomic E-state index is 0.156. The predicted molar refractivity (Wildman–Crippen MR) is 81.8 cm³/mol. The van der Waals surface area contributed by atoms with Gasteiger partial charge in [-0.1, -0.05) is 20.8 Å². The van der Waals surface area contributed by atoms with Crippen LogP contribution in [0.4, 0.5) is 4.79 Å². The highest BCUT2D eigenvalue weighted by atomic mass is 16.6. The van der Waals surface area contributed by atoms with Crippen LogP contribution >= 0.6 is 0 Å². The lowest BCUT2D eigenvalue weighted by molar-refractivity contribution is -0.145. The monoisotopic (exact) mass is 302 g/mol. The fourth-order valence-corrected chi connectivity index (χ4v) is 2.11. The van der Waals surface area contributed by atoms with E-state index in [1.54, 1.807) is 0 Å². The van der Waals surface area contributed by atoms with Crippen molar-refractivity contribution >= 4 is 12.1 Å². The number of hydrogen-bond donors (Lipinski definition) is 2. The molecule has 21 heavy (non-hydrogen) atoms. The molecule has 0 radical (unpaired) electrons. The van der Waals surface area contributed by atoms with Gasteiger partial charge in [0.25, 0.3) is 0 Å². The van der Waals surface area contributed by atoms with Crippen molar-refractivity contribution in [2.45, 2.75) is 59.6 Å². The number of carbonyl (C=O) groups excluding carboxylic acids is 2. The molecule has 0 saturated carbocycles. The van der Waals surface area contributed by atoms with Gasteiger partial charge in [-0.25, -0.2) is 4.79 Å². The molecule has 2 unspecified atom stereocenters. The Morgan fingerprint density at radius 1 is 1.19 bits per heavy atom. The molecule has 0 aliphatic heterocycles. The molecule has 0 aromatic heterocycles. The molecular weight excluding hydrogens is 272 g/mol. The van der Waals surface area contributed by atoms with Crippen LogP contribution in [-0.2, 0) is 14.3 Å². The van der Waals surface area contributed by atoms with Crippen molar-refractivity contribution in [1.82, 2.24) is 5.32 Å². The van der Waals surface area contributed by atoms with E-state index in [0.29, 0.717) is 13.0 Å². The highest BCUT2D eigenvalue weighted by Crippen LogP contribution is 2.28. The largest absolute Gasteiger partial charge is 0.468 e. The zero-order valence-corrected chi connectivity index (χ0v) is 14.3. The van der Waals surface area contributed by atoms with Gasteiger partial charge in [-0.2, -0.15) is 0 Å². The topological polar surface area (TPSA) is 90.6 Å². The Hall–Kier alpha value is -1.30. The maximum absolute atomic E-state index is 11.6. The lowest BCUT2D eigenvalue weighted by atomic mass is 9.77. The number of amides is 1. The maximum atomic E-state index is 11.6. The Kier molecular flexibility index (Phi) is 7.16. The van der Waals surface area contributed by atoms with Crippen molar-refractivity contribution in [3.8, 4) is 0 Å². The summed E-state index contributed by atoms with van der Waals surface area (Å²) in [7, 11) is 1.33. The molecule has 6 nitrogen and oxygen atoms in total. The number of carbonyl (C=O) groups is 2. The number of hydrogen-bond acceptors (Lipinski definition) is 5. The summed E-state index contributed by atoms with van der Waals surface area (Å²) in [5.41, 5.74) is 4.98. The van der Waals surface area contributed by atoms with E-state index in [1.165, 1.54) is 7.11 Å². The lowest BCUT2D eigenvalue weighted by Crippen LogP contribution is -2.46.